The van der Waals surface area contributed by atoms with Crippen molar-refractivity contribution < 1.29 is 9.50 Å². The van der Waals surface area contributed by atoms with Crippen LogP contribution in [0.25, 0.3) is 0 Å². The maximum atomic E-state index is 12.7. The SMILES string of the molecule is Oc1ccc(F)c2c1CC2. The summed E-state index contributed by atoms with van der Waals surface area (Å²) in [5.74, 6) is 0.0571. The number of fused-ring (bicyclic) bond motifs is 1. The number of halogens is 1. The third-order valence-electron chi connectivity index (χ3n) is 1.97. The van der Waals surface area contributed by atoms with E-state index in [9.17, 15) is 4.39 Å². The fraction of sp³-hybridized carbons (Fsp3) is 0.250. The van der Waals surface area contributed by atoms with Crippen molar-refractivity contribution in [3.8, 4) is 5.75 Å². The number of hydrogen-bond donors (Lipinski definition) is 1. The van der Waals surface area contributed by atoms with Crippen molar-refractivity contribution in [2.75, 3.05) is 0 Å². The zero-order valence-electron chi connectivity index (χ0n) is 5.39. The van der Waals surface area contributed by atoms with Crippen molar-refractivity contribution in [2.24, 2.45) is 0 Å². The van der Waals surface area contributed by atoms with Crippen LogP contribution < -0.4 is 0 Å². The molecule has 0 heterocycles. The molecule has 0 atom stereocenters. The second-order valence-electron chi connectivity index (χ2n) is 2.52. The predicted molar refractivity (Wildman–Crippen MR) is 35.5 cm³/mol. The maximum Gasteiger partial charge on any atom is 0.126 e. The fourth-order valence-corrected chi connectivity index (χ4v) is 1.27. The van der Waals surface area contributed by atoms with Gasteiger partial charge in [-0.2, -0.15) is 0 Å². The lowest BCUT2D eigenvalue weighted by Crippen LogP contribution is -2.10. The van der Waals surface area contributed by atoms with Crippen LogP contribution in [0.2, 0.25) is 0 Å². The molecule has 1 N–H and O–H groups in total. The van der Waals surface area contributed by atoms with Crippen LogP contribution in [0.4, 0.5) is 4.39 Å². The molecule has 0 aromatic heterocycles. The molecule has 52 valence electrons. The van der Waals surface area contributed by atoms with Crippen LogP contribution >= 0.6 is 0 Å². The van der Waals surface area contributed by atoms with Gasteiger partial charge in [0.25, 0.3) is 0 Å². The van der Waals surface area contributed by atoms with E-state index in [0.717, 1.165) is 18.4 Å². The lowest BCUT2D eigenvalue weighted by Gasteiger charge is -2.19. The van der Waals surface area contributed by atoms with Crippen LogP contribution in [0.3, 0.4) is 0 Å². The highest BCUT2D eigenvalue weighted by Crippen LogP contribution is 2.32. The highest BCUT2D eigenvalue weighted by molar-refractivity contribution is 5.46. The fourth-order valence-electron chi connectivity index (χ4n) is 1.27. The summed E-state index contributed by atoms with van der Waals surface area (Å²) in [6, 6.07) is 2.72. The van der Waals surface area contributed by atoms with Gasteiger partial charge in [0.2, 0.25) is 0 Å². The van der Waals surface area contributed by atoms with Gasteiger partial charge in [0.15, 0.2) is 0 Å². The molecular formula is C8H7FO. The van der Waals surface area contributed by atoms with Crippen molar-refractivity contribution in [3.63, 3.8) is 0 Å². The molecule has 1 aromatic carbocycles. The smallest absolute Gasteiger partial charge is 0.126 e. The Balaban J connectivity index is 2.66. The normalized spacial score (nSPS) is 14.1. The average Bonchev–Trinajstić information content (AvgIpc) is 1.78. The van der Waals surface area contributed by atoms with Crippen molar-refractivity contribution in [1.82, 2.24) is 0 Å². The summed E-state index contributed by atoms with van der Waals surface area (Å²) in [4.78, 5) is 0. The Bertz CT molecular complexity index is 252. The summed E-state index contributed by atoms with van der Waals surface area (Å²) in [6.07, 6.45) is 1.59. The molecule has 1 nitrogen and oxygen atoms in total. The molecule has 0 radical (unpaired) electrons. The number of phenolic OH excluding ortho intramolecular Hbond substituents is 1. The largest absolute Gasteiger partial charge is 0.508 e. The molecule has 1 aliphatic rings. The molecule has 0 amide bonds. The van der Waals surface area contributed by atoms with Gasteiger partial charge in [-0.25, -0.2) is 4.39 Å². The molecular weight excluding hydrogens is 131 g/mol. The van der Waals surface area contributed by atoms with Crippen LogP contribution in [0.1, 0.15) is 11.1 Å². The molecule has 2 rings (SSSR count). The molecule has 0 bridgehead atoms. The average molecular weight is 138 g/mol. The van der Waals surface area contributed by atoms with Gasteiger partial charge in [-0.1, -0.05) is 0 Å². The van der Waals surface area contributed by atoms with Gasteiger partial charge < -0.3 is 5.11 Å². The molecule has 1 aliphatic carbocycles. The van der Waals surface area contributed by atoms with Crippen LogP contribution in [0.5, 0.6) is 5.75 Å². The van der Waals surface area contributed by atoms with Crippen molar-refractivity contribution >= 4 is 0 Å². The van der Waals surface area contributed by atoms with Gasteiger partial charge in [0.1, 0.15) is 11.6 Å². The van der Waals surface area contributed by atoms with Crippen molar-refractivity contribution in [3.05, 3.63) is 29.1 Å². The highest BCUT2D eigenvalue weighted by Gasteiger charge is 2.20. The molecule has 0 fully saturated rings. The van der Waals surface area contributed by atoms with E-state index in [1.54, 1.807) is 0 Å². The number of hydrogen-bond acceptors (Lipinski definition) is 1. The van der Waals surface area contributed by atoms with Gasteiger partial charge in [0.05, 0.1) is 0 Å². The Kier molecular flexibility index (Phi) is 0.982. The predicted octanol–water partition coefficient (Wildman–Crippen LogP) is 1.63. The van der Waals surface area contributed by atoms with E-state index >= 15 is 0 Å². The highest BCUT2D eigenvalue weighted by atomic mass is 19.1. The van der Waals surface area contributed by atoms with Gasteiger partial charge in [-0.05, 0) is 30.5 Å². The van der Waals surface area contributed by atoms with Crippen LogP contribution in [0.15, 0.2) is 12.1 Å². The number of benzene rings is 1. The van der Waals surface area contributed by atoms with Crippen molar-refractivity contribution in [1.29, 1.82) is 0 Å². The van der Waals surface area contributed by atoms with Crippen LogP contribution in [-0.4, -0.2) is 5.11 Å². The van der Waals surface area contributed by atoms with E-state index in [1.165, 1.54) is 12.1 Å². The summed E-state index contributed by atoms with van der Waals surface area (Å²) in [7, 11) is 0. The monoisotopic (exact) mass is 138 g/mol. The first kappa shape index (κ1) is 5.71. The van der Waals surface area contributed by atoms with Gasteiger partial charge >= 0.3 is 0 Å². The topological polar surface area (TPSA) is 20.2 Å². The summed E-state index contributed by atoms with van der Waals surface area (Å²) < 4.78 is 12.7. The van der Waals surface area contributed by atoms with E-state index in [1.807, 2.05) is 0 Å². The van der Waals surface area contributed by atoms with Gasteiger partial charge in [0, 0.05) is 5.56 Å². The molecule has 0 aliphatic heterocycles. The number of rotatable bonds is 0. The van der Waals surface area contributed by atoms with Gasteiger partial charge in [-0.15, -0.1) is 0 Å². The molecule has 2 heteroatoms. The van der Waals surface area contributed by atoms with E-state index in [2.05, 4.69) is 0 Å². The van der Waals surface area contributed by atoms with E-state index in [-0.39, 0.29) is 11.6 Å². The Morgan fingerprint density at radius 2 is 1.90 bits per heavy atom. The lowest BCUT2D eigenvalue weighted by atomic mass is 9.87. The Morgan fingerprint density at radius 1 is 1.20 bits per heavy atom. The Morgan fingerprint density at radius 3 is 2.40 bits per heavy atom. The molecule has 1 aromatic rings. The summed E-state index contributed by atoms with van der Waals surface area (Å²) >= 11 is 0. The van der Waals surface area contributed by atoms with E-state index in [0.29, 0.717) is 5.56 Å². The lowest BCUT2D eigenvalue weighted by molar-refractivity contribution is 0.455. The molecule has 0 saturated heterocycles. The minimum Gasteiger partial charge on any atom is -0.508 e. The van der Waals surface area contributed by atoms with E-state index in [4.69, 9.17) is 5.11 Å². The van der Waals surface area contributed by atoms with Crippen LogP contribution in [0, 0.1) is 5.82 Å². The molecule has 0 unspecified atom stereocenters. The first-order valence-electron chi connectivity index (χ1n) is 3.28. The van der Waals surface area contributed by atoms with Gasteiger partial charge in [-0.3, -0.25) is 0 Å². The zero-order valence-corrected chi connectivity index (χ0v) is 5.39. The number of phenols is 1. The standard InChI is InChI=1S/C8H7FO/c9-7-3-4-8(10)6-2-1-5(6)7/h3-4,10H,1-2H2. The summed E-state index contributed by atoms with van der Waals surface area (Å²) in [6.45, 7) is 0. The van der Waals surface area contributed by atoms with E-state index < -0.39 is 0 Å². The summed E-state index contributed by atoms with van der Waals surface area (Å²) in [5, 5.41) is 9.11. The van der Waals surface area contributed by atoms with Crippen LogP contribution in [-0.2, 0) is 12.8 Å². The minimum absolute atomic E-state index is 0.181. The number of aromatic hydroxyl groups is 1. The Labute approximate surface area is 58.1 Å². The Hall–Kier alpha value is -1.05. The second-order valence-corrected chi connectivity index (χ2v) is 2.52. The third-order valence-corrected chi connectivity index (χ3v) is 1.97. The molecule has 0 spiro atoms. The third kappa shape index (κ3) is 0.561. The first-order valence-corrected chi connectivity index (χ1v) is 3.28. The maximum absolute atomic E-state index is 12.7. The zero-order chi connectivity index (χ0) is 7.14. The minimum atomic E-state index is -0.181. The summed E-state index contributed by atoms with van der Waals surface area (Å²) in [5.41, 5.74) is 1.49. The molecule has 10 heavy (non-hydrogen) atoms. The second kappa shape index (κ2) is 1.72. The molecule has 0 saturated carbocycles. The first-order chi connectivity index (χ1) is 4.79. The van der Waals surface area contributed by atoms with Crippen molar-refractivity contribution in [2.45, 2.75) is 12.8 Å². The quantitative estimate of drug-likeness (QED) is 0.577.